The van der Waals surface area contributed by atoms with E-state index < -0.39 is 30.5 Å². The van der Waals surface area contributed by atoms with Crippen LogP contribution in [0.3, 0.4) is 0 Å². The number of hydrogen-bond donors (Lipinski definition) is 0. The van der Waals surface area contributed by atoms with E-state index in [4.69, 9.17) is 23.7 Å². The van der Waals surface area contributed by atoms with E-state index in [9.17, 15) is 5.26 Å². The molecule has 0 aromatic heterocycles. The third-order valence-corrected chi connectivity index (χ3v) is 9.45. The van der Waals surface area contributed by atoms with Crippen LogP contribution < -0.4 is 0 Å². The number of hydrogen-bond acceptors (Lipinski definition) is 6. The van der Waals surface area contributed by atoms with E-state index in [1.54, 1.807) is 0 Å². The maximum atomic E-state index is 9.82. The first kappa shape index (κ1) is 35.3. The molecule has 6 nitrogen and oxygen atoms in total. The Kier molecular flexibility index (Phi) is 12.1. The molecule has 262 valence electrons. The number of ether oxygens (including phenoxy) is 5. The van der Waals surface area contributed by atoms with Gasteiger partial charge in [-0.15, -0.1) is 0 Å². The van der Waals surface area contributed by atoms with Gasteiger partial charge < -0.3 is 23.7 Å². The summed E-state index contributed by atoms with van der Waals surface area (Å²) in [4.78, 5) is 0. The topological polar surface area (TPSA) is 69.9 Å². The van der Waals surface area contributed by atoms with Gasteiger partial charge in [-0.2, -0.15) is 5.26 Å². The Morgan fingerprint density at radius 1 is 0.519 bits per heavy atom. The molecule has 0 radical (unpaired) electrons. The summed E-state index contributed by atoms with van der Waals surface area (Å²) in [7, 11) is 0. The maximum absolute atomic E-state index is 9.82. The van der Waals surface area contributed by atoms with E-state index in [1.807, 2.05) is 84.9 Å². The van der Waals surface area contributed by atoms with Gasteiger partial charge in [0.05, 0.1) is 45.5 Å². The summed E-state index contributed by atoms with van der Waals surface area (Å²) in [6.45, 7) is 1.80. The van der Waals surface area contributed by atoms with Crippen molar-refractivity contribution in [2.45, 2.75) is 63.4 Å². The number of fused-ring (bicyclic) bond motifs is 1. The van der Waals surface area contributed by atoms with E-state index in [1.165, 1.54) is 0 Å². The molecule has 1 fully saturated rings. The lowest BCUT2D eigenvalue weighted by Gasteiger charge is -2.46. The highest BCUT2D eigenvalue weighted by Gasteiger charge is 2.49. The first-order valence-corrected chi connectivity index (χ1v) is 17.9. The van der Waals surface area contributed by atoms with Crippen LogP contribution in [-0.4, -0.2) is 31.0 Å². The Morgan fingerprint density at radius 3 is 1.56 bits per heavy atom. The van der Waals surface area contributed by atoms with Crippen LogP contribution in [0.1, 0.15) is 39.5 Å². The van der Waals surface area contributed by atoms with Crippen LogP contribution in [0, 0.1) is 11.3 Å². The fraction of sp³-hybridized carbons (Fsp3) is 0.239. The molecule has 6 aromatic carbocycles. The average molecular weight is 690 g/mol. The molecule has 0 saturated carbocycles. The number of rotatable bonds is 15. The largest absolute Gasteiger partial charge is 0.374 e. The lowest BCUT2D eigenvalue weighted by atomic mass is 9.88. The molecule has 52 heavy (non-hydrogen) atoms. The highest BCUT2D eigenvalue weighted by atomic mass is 16.6. The fourth-order valence-electron chi connectivity index (χ4n) is 6.87. The van der Waals surface area contributed by atoms with Crippen molar-refractivity contribution < 1.29 is 23.7 Å². The molecular weight excluding hydrogens is 647 g/mol. The van der Waals surface area contributed by atoms with Gasteiger partial charge in [-0.05, 0) is 50.2 Å². The van der Waals surface area contributed by atoms with Crippen molar-refractivity contribution >= 4 is 10.8 Å². The zero-order valence-electron chi connectivity index (χ0n) is 29.1. The van der Waals surface area contributed by atoms with Crippen molar-refractivity contribution in [1.82, 2.24) is 0 Å². The van der Waals surface area contributed by atoms with Crippen molar-refractivity contribution in [3.05, 3.63) is 191 Å². The quantitative estimate of drug-likeness (QED) is 0.107. The standard InChI is InChI=1S/C46H43NO5/c47-26-25-39-28-40(27-38-23-13-14-24-41(38)39)43-45(50-31-36-19-9-3-10-20-36)46(51-32-37-21-11-4-12-22-37)44(49-30-35-17-7-2-8-18-35)42(52-43)33-48-29-34-15-5-1-6-16-34/h1-24,27-28,42-46H,25,29-33H2/t42-,43+,44-,45+,46+/m1/s1. The zero-order valence-corrected chi connectivity index (χ0v) is 29.1. The summed E-state index contributed by atoms with van der Waals surface area (Å²) < 4.78 is 34.2. The molecule has 1 saturated heterocycles. The number of nitrogens with zero attached hydrogens (tertiary/aromatic N) is 1. The second-order valence-corrected chi connectivity index (χ2v) is 13.1. The summed E-state index contributed by atoms with van der Waals surface area (Å²) in [6, 6.07) is 55.4. The monoisotopic (exact) mass is 689 g/mol. The molecular formula is C46H43NO5. The Morgan fingerprint density at radius 2 is 1.00 bits per heavy atom. The predicted molar refractivity (Wildman–Crippen MR) is 202 cm³/mol. The predicted octanol–water partition coefficient (Wildman–Crippen LogP) is 9.32. The van der Waals surface area contributed by atoms with Crippen LogP contribution in [0.5, 0.6) is 0 Å². The first-order chi connectivity index (χ1) is 25.7. The van der Waals surface area contributed by atoms with E-state index in [2.05, 4.69) is 78.9 Å². The number of nitriles is 1. The van der Waals surface area contributed by atoms with Crippen molar-refractivity contribution in [3.8, 4) is 6.07 Å². The Labute approximate surface area is 306 Å². The second kappa shape index (κ2) is 17.9. The van der Waals surface area contributed by atoms with E-state index in [0.29, 0.717) is 26.4 Å². The molecule has 0 unspecified atom stereocenters. The molecule has 5 atom stereocenters. The minimum atomic E-state index is -0.564. The Bertz CT molecular complexity index is 2020. The van der Waals surface area contributed by atoms with Crippen LogP contribution in [-0.2, 0) is 56.5 Å². The van der Waals surface area contributed by atoms with Crippen LogP contribution in [0.15, 0.2) is 158 Å². The van der Waals surface area contributed by atoms with Crippen LogP contribution in [0.25, 0.3) is 10.8 Å². The van der Waals surface area contributed by atoms with Crippen molar-refractivity contribution in [2.75, 3.05) is 6.61 Å². The lowest BCUT2D eigenvalue weighted by Crippen LogP contribution is -2.58. The maximum Gasteiger partial charge on any atom is 0.117 e. The third kappa shape index (κ3) is 9.02. The van der Waals surface area contributed by atoms with E-state index in [-0.39, 0.29) is 13.0 Å². The minimum Gasteiger partial charge on any atom is -0.374 e. The molecule has 0 amide bonds. The second-order valence-electron chi connectivity index (χ2n) is 13.1. The van der Waals surface area contributed by atoms with Crippen LogP contribution in [0.4, 0.5) is 0 Å². The summed E-state index contributed by atoms with van der Waals surface area (Å²) in [5.74, 6) is 0. The van der Waals surface area contributed by atoms with Gasteiger partial charge in [-0.3, -0.25) is 0 Å². The summed E-state index contributed by atoms with van der Waals surface area (Å²) in [5.41, 5.74) is 6.09. The molecule has 0 bridgehead atoms. The normalized spacial score (nSPS) is 20.0. The molecule has 1 aliphatic heterocycles. The first-order valence-electron chi connectivity index (χ1n) is 17.9. The number of benzene rings is 6. The van der Waals surface area contributed by atoms with Gasteiger partial charge in [0.25, 0.3) is 0 Å². The smallest absolute Gasteiger partial charge is 0.117 e. The molecule has 1 heterocycles. The molecule has 6 heteroatoms. The summed E-state index contributed by atoms with van der Waals surface area (Å²) in [5, 5.41) is 11.9. The van der Waals surface area contributed by atoms with Crippen LogP contribution >= 0.6 is 0 Å². The van der Waals surface area contributed by atoms with Crippen LogP contribution in [0.2, 0.25) is 0 Å². The highest BCUT2D eigenvalue weighted by molar-refractivity contribution is 5.86. The van der Waals surface area contributed by atoms with Gasteiger partial charge >= 0.3 is 0 Å². The van der Waals surface area contributed by atoms with Crippen molar-refractivity contribution in [3.63, 3.8) is 0 Å². The Balaban J connectivity index is 1.29. The molecule has 6 aromatic rings. The van der Waals surface area contributed by atoms with Gasteiger partial charge in [-0.1, -0.05) is 152 Å². The summed E-state index contributed by atoms with van der Waals surface area (Å²) in [6.07, 6.45) is -2.41. The molecule has 0 N–H and O–H groups in total. The molecule has 1 aliphatic rings. The van der Waals surface area contributed by atoms with Gasteiger partial charge in [0.15, 0.2) is 0 Å². The van der Waals surface area contributed by atoms with E-state index in [0.717, 1.165) is 44.2 Å². The third-order valence-electron chi connectivity index (χ3n) is 9.45. The molecule has 0 aliphatic carbocycles. The van der Waals surface area contributed by atoms with Gasteiger partial charge in [0, 0.05) is 0 Å². The van der Waals surface area contributed by atoms with Crippen molar-refractivity contribution in [2.24, 2.45) is 0 Å². The molecule has 0 spiro atoms. The average Bonchev–Trinajstić information content (AvgIpc) is 3.20. The highest BCUT2D eigenvalue weighted by Crippen LogP contribution is 2.40. The van der Waals surface area contributed by atoms with Gasteiger partial charge in [-0.25, -0.2) is 0 Å². The van der Waals surface area contributed by atoms with Gasteiger partial charge in [0.1, 0.15) is 30.5 Å². The fourth-order valence-corrected chi connectivity index (χ4v) is 6.87. The SMILES string of the molecule is N#CCc1cc([C@@H]2O[C@H](COCc3ccccc3)[C@@H](OCc3ccccc3)[C@H](OCc3ccccc3)[C@H]2OCc2ccccc2)cc2ccccc12. The van der Waals surface area contributed by atoms with Crippen molar-refractivity contribution in [1.29, 1.82) is 5.26 Å². The van der Waals surface area contributed by atoms with E-state index >= 15 is 0 Å². The zero-order chi connectivity index (χ0) is 35.4. The van der Waals surface area contributed by atoms with Gasteiger partial charge in [0.2, 0.25) is 0 Å². The Hall–Kier alpha value is -5.13. The lowest BCUT2D eigenvalue weighted by molar-refractivity contribution is -0.275. The summed E-state index contributed by atoms with van der Waals surface area (Å²) >= 11 is 0. The molecule has 7 rings (SSSR count). The minimum absolute atomic E-state index is 0.275.